The number of rotatable bonds is 10. The van der Waals surface area contributed by atoms with Crippen LogP contribution in [0.2, 0.25) is 0 Å². The molecule has 3 heterocycles. The van der Waals surface area contributed by atoms with E-state index in [4.69, 9.17) is 18.9 Å². The van der Waals surface area contributed by atoms with Gasteiger partial charge in [-0.3, -0.25) is 9.80 Å². The van der Waals surface area contributed by atoms with Crippen LogP contribution in [-0.4, -0.2) is 115 Å². The Morgan fingerprint density at radius 2 is 1.67 bits per heavy atom. The minimum Gasteiger partial charge on any atom is -0.388 e. The number of likely N-dealkylation sites (tertiary alicyclic amines) is 1. The Hall–Kier alpha value is -0.320. The molecule has 0 aromatic heterocycles. The molecule has 3 aliphatic heterocycles. The van der Waals surface area contributed by atoms with Gasteiger partial charge in [0.25, 0.3) is 0 Å². The predicted molar refractivity (Wildman–Crippen MR) is 190 cm³/mol. The standard InChI is InChI=1S/C41H70N2O6/c1-7-8-30-32(48-25-34(44)38(4,5)45)21-31-29-9-10-33-37(2,3)35(11-14-41(33)26-40(29,41)16-15-39(30,31)6)49-36-22-43(19-20-47-36)27-12-17-42(18-13-27)28-23-46-24-28/h27-36,44-45H,7-26H2,1-6H3. The van der Waals surface area contributed by atoms with E-state index in [1.807, 2.05) is 0 Å². The second kappa shape index (κ2) is 12.9. The Morgan fingerprint density at radius 3 is 2.37 bits per heavy atom. The first-order valence-corrected chi connectivity index (χ1v) is 20.7. The molecule has 280 valence electrons. The highest BCUT2D eigenvalue weighted by atomic mass is 16.7. The summed E-state index contributed by atoms with van der Waals surface area (Å²) in [6.45, 7) is 20.6. The maximum atomic E-state index is 10.6. The maximum Gasteiger partial charge on any atom is 0.170 e. The summed E-state index contributed by atoms with van der Waals surface area (Å²) in [4.78, 5) is 5.34. The lowest BCUT2D eigenvalue weighted by atomic mass is 9.46. The van der Waals surface area contributed by atoms with Gasteiger partial charge in [-0.1, -0.05) is 34.1 Å². The van der Waals surface area contributed by atoms with Gasteiger partial charge in [-0.25, -0.2) is 0 Å². The van der Waals surface area contributed by atoms with Crippen molar-refractivity contribution in [3.63, 3.8) is 0 Å². The van der Waals surface area contributed by atoms with Crippen molar-refractivity contribution in [3.8, 4) is 0 Å². The van der Waals surface area contributed by atoms with E-state index < -0.39 is 11.7 Å². The molecule has 0 aromatic carbocycles. The highest BCUT2D eigenvalue weighted by Gasteiger charge is 2.80. The number of aliphatic hydroxyl groups is 2. The third kappa shape index (κ3) is 5.83. The van der Waals surface area contributed by atoms with Gasteiger partial charge >= 0.3 is 0 Å². The van der Waals surface area contributed by atoms with Gasteiger partial charge < -0.3 is 29.2 Å². The highest BCUT2D eigenvalue weighted by molar-refractivity contribution is 5.29. The van der Waals surface area contributed by atoms with Crippen LogP contribution < -0.4 is 0 Å². The fraction of sp³-hybridized carbons (Fsp3) is 1.00. The fourth-order valence-electron chi connectivity index (χ4n) is 13.9. The molecule has 5 saturated carbocycles. The van der Waals surface area contributed by atoms with E-state index in [0.717, 1.165) is 51.2 Å². The molecule has 0 radical (unpaired) electrons. The lowest BCUT2D eigenvalue weighted by Gasteiger charge is -2.60. The molecule has 2 spiro atoms. The van der Waals surface area contributed by atoms with Crippen molar-refractivity contribution in [1.82, 2.24) is 9.80 Å². The van der Waals surface area contributed by atoms with Crippen molar-refractivity contribution in [1.29, 1.82) is 0 Å². The molecular formula is C41H70N2O6. The zero-order valence-corrected chi connectivity index (χ0v) is 31.8. The van der Waals surface area contributed by atoms with Crippen molar-refractivity contribution < 1.29 is 29.2 Å². The first-order valence-electron chi connectivity index (χ1n) is 20.7. The van der Waals surface area contributed by atoms with Crippen LogP contribution in [0.25, 0.3) is 0 Å². The summed E-state index contributed by atoms with van der Waals surface area (Å²) in [5.74, 6) is 2.76. The van der Waals surface area contributed by atoms with E-state index in [1.54, 1.807) is 13.8 Å². The molecule has 8 heteroatoms. The summed E-state index contributed by atoms with van der Waals surface area (Å²) < 4.78 is 25.5. The quantitative estimate of drug-likeness (QED) is 0.296. The average Bonchev–Trinajstić information content (AvgIpc) is 3.63. The first-order chi connectivity index (χ1) is 23.3. The lowest BCUT2D eigenvalue weighted by Crippen LogP contribution is -2.58. The zero-order chi connectivity index (χ0) is 34.4. The van der Waals surface area contributed by atoms with Crippen LogP contribution in [0.5, 0.6) is 0 Å². The monoisotopic (exact) mass is 687 g/mol. The molecule has 5 aliphatic carbocycles. The number of hydrogen-bond donors (Lipinski definition) is 2. The molecule has 8 fully saturated rings. The van der Waals surface area contributed by atoms with E-state index in [1.165, 1.54) is 83.7 Å². The first kappa shape index (κ1) is 35.7. The van der Waals surface area contributed by atoms with E-state index in [0.29, 0.717) is 40.2 Å². The van der Waals surface area contributed by atoms with Gasteiger partial charge in [-0.15, -0.1) is 0 Å². The Balaban J connectivity index is 0.915. The molecule has 11 unspecified atom stereocenters. The predicted octanol–water partition coefficient (Wildman–Crippen LogP) is 5.87. The normalized spacial score (nSPS) is 46.7. The Labute approximate surface area is 297 Å². The molecule has 8 nitrogen and oxygen atoms in total. The zero-order valence-electron chi connectivity index (χ0n) is 31.8. The smallest absolute Gasteiger partial charge is 0.170 e. The minimum atomic E-state index is -1.14. The van der Waals surface area contributed by atoms with E-state index in [2.05, 4.69) is 37.5 Å². The number of aliphatic hydroxyl groups excluding tert-OH is 1. The molecule has 2 N–H and O–H groups in total. The van der Waals surface area contributed by atoms with Gasteiger partial charge in [0.05, 0.1) is 50.3 Å². The Bertz CT molecular complexity index is 1180. The summed E-state index contributed by atoms with van der Waals surface area (Å²) in [5.41, 5.74) is 0.304. The second-order valence-corrected chi connectivity index (χ2v) is 19.7. The van der Waals surface area contributed by atoms with Crippen molar-refractivity contribution in [3.05, 3.63) is 0 Å². The van der Waals surface area contributed by atoms with Crippen LogP contribution in [0.15, 0.2) is 0 Å². The molecule has 8 aliphatic rings. The van der Waals surface area contributed by atoms with E-state index in [-0.39, 0.29) is 30.5 Å². The Morgan fingerprint density at radius 1 is 0.898 bits per heavy atom. The van der Waals surface area contributed by atoms with Crippen molar-refractivity contribution >= 4 is 0 Å². The van der Waals surface area contributed by atoms with Gasteiger partial charge in [0.15, 0.2) is 6.29 Å². The van der Waals surface area contributed by atoms with Crippen LogP contribution >= 0.6 is 0 Å². The summed E-state index contributed by atoms with van der Waals surface area (Å²) in [6.07, 6.45) is 14.8. The SMILES string of the molecule is CCCC1C(OCC(O)C(C)(C)O)CC2C3CCC4C(C)(C)C(OC5CN(C6CCN(C7COC7)CC6)CCO5)CCC45CC35CCC12C. The van der Waals surface area contributed by atoms with Gasteiger partial charge in [0, 0.05) is 32.2 Å². The molecule has 3 saturated heterocycles. The lowest BCUT2D eigenvalue weighted by molar-refractivity contribution is -0.248. The largest absolute Gasteiger partial charge is 0.388 e. The topological polar surface area (TPSA) is 83.9 Å². The van der Waals surface area contributed by atoms with E-state index in [9.17, 15) is 10.2 Å². The third-order valence-electron chi connectivity index (χ3n) is 16.9. The third-order valence-corrected chi connectivity index (χ3v) is 16.9. The van der Waals surface area contributed by atoms with Crippen molar-refractivity contribution in [2.45, 2.75) is 161 Å². The summed E-state index contributed by atoms with van der Waals surface area (Å²) in [6, 6.07) is 1.31. The van der Waals surface area contributed by atoms with Gasteiger partial charge in [-0.2, -0.15) is 0 Å². The summed E-state index contributed by atoms with van der Waals surface area (Å²) >= 11 is 0. The van der Waals surface area contributed by atoms with Gasteiger partial charge in [0.1, 0.15) is 6.10 Å². The molecule has 0 amide bonds. The number of nitrogens with zero attached hydrogens (tertiary/aromatic N) is 2. The number of hydrogen-bond acceptors (Lipinski definition) is 8. The number of morpholine rings is 1. The molecular weight excluding hydrogens is 616 g/mol. The molecule has 0 bridgehead atoms. The summed E-state index contributed by atoms with van der Waals surface area (Å²) in [5, 5.41) is 21.0. The molecule has 0 aromatic rings. The van der Waals surface area contributed by atoms with Crippen LogP contribution in [0.1, 0.15) is 119 Å². The van der Waals surface area contributed by atoms with Gasteiger partial charge in [-0.05, 0) is 130 Å². The van der Waals surface area contributed by atoms with E-state index >= 15 is 0 Å². The Kier molecular flexibility index (Phi) is 9.41. The van der Waals surface area contributed by atoms with Crippen LogP contribution in [0.3, 0.4) is 0 Å². The number of piperidine rings is 1. The van der Waals surface area contributed by atoms with Crippen LogP contribution in [0, 0.1) is 45.3 Å². The number of ether oxygens (including phenoxy) is 4. The number of fused-ring (bicyclic) bond motifs is 2. The molecule has 49 heavy (non-hydrogen) atoms. The molecule has 11 atom stereocenters. The van der Waals surface area contributed by atoms with Crippen LogP contribution in [-0.2, 0) is 18.9 Å². The van der Waals surface area contributed by atoms with Crippen molar-refractivity contribution in [2.24, 2.45) is 45.3 Å². The van der Waals surface area contributed by atoms with Crippen LogP contribution in [0.4, 0.5) is 0 Å². The molecule has 8 rings (SSSR count). The fourth-order valence-corrected chi connectivity index (χ4v) is 13.9. The van der Waals surface area contributed by atoms with Gasteiger partial charge in [0.2, 0.25) is 0 Å². The summed E-state index contributed by atoms with van der Waals surface area (Å²) in [7, 11) is 0. The van der Waals surface area contributed by atoms with Crippen molar-refractivity contribution in [2.75, 3.05) is 52.6 Å². The maximum absolute atomic E-state index is 10.6. The second-order valence-electron chi connectivity index (χ2n) is 19.7. The highest BCUT2D eigenvalue weighted by Crippen LogP contribution is 2.87. The average molecular weight is 687 g/mol. The minimum absolute atomic E-state index is 0.106.